The van der Waals surface area contributed by atoms with Crippen LogP contribution in [0.1, 0.15) is 93.4 Å². The van der Waals surface area contributed by atoms with Crippen LogP contribution in [-0.2, 0) is 19.2 Å². The summed E-state index contributed by atoms with van der Waals surface area (Å²) in [7, 11) is 0. The molecule has 37 heavy (non-hydrogen) atoms. The molecule has 0 saturated heterocycles. The van der Waals surface area contributed by atoms with Crippen LogP contribution in [0.15, 0.2) is 11.1 Å². The predicted octanol–water partition coefficient (Wildman–Crippen LogP) is 4.13. The van der Waals surface area contributed by atoms with Crippen molar-refractivity contribution < 1.29 is 34.5 Å². The van der Waals surface area contributed by atoms with E-state index in [1.165, 1.54) is 6.92 Å². The summed E-state index contributed by atoms with van der Waals surface area (Å²) in [6.45, 7) is 13.4. The summed E-state index contributed by atoms with van der Waals surface area (Å²) in [6.07, 6.45) is 0.421. The number of aliphatic hydroxyl groups is 2. The number of hydrogen-bond acceptors (Lipinski definition) is 6. The topological polar surface area (TPSA) is 129 Å². The van der Waals surface area contributed by atoms with Crippen LogP contribution in [-0.4, -0.2) is 50.8 Å². The lowest BCUT2D eigenvalue weighted by Gasteiger charge is -2.61. The number of fused-ring (bicyclic) bond motifs is 4. The third-order valence-corrected chi connectivity index (χ3v) is 11.6. The first-order chi connectivity index (χ1) is 16.9. The van der Waals surface area contributed by atoms with Crippen molar-refractivity contribution in [2.75, 3.05) is 0 Å². The van der Waals surface area contributed by atoms with Crippen molar-refractivity contribution in [1.29, 1.82) is 0 Å². The number of carbonyl (C=O) groups is 4. The van der Waals surface area contributed by atoms with Crippen LogP contribution in [0.5, 0.6) is 0 Å². The van der Waals surface area contributed by atoms with Crippen molar-refractivity contribution in [2.45, 2.75) is 106 Å². The summed E-state index contributed by atoms with van der Waals surface area (Å²) >= 11 is 0. The van der Waals surface area contributed by atoms with Gasteiger partial charge in [0.1, 0.15) is 11.6 Å². The van der Waals surface area contributed by atoms with E-state index in [9.17, 15) is 34.5 Å². The van der Waals surface area contributed by atoms with Gasteiger partial charge in [-0.1, -0.05) is 48.5 Å². The molecule has 206 valence electrons. The Kier molecular flexibility index (Phi) is 6.72. The van der Waals surface area contributed by atoms with Crippen molar-refractivity contribution >= 4 is 23.3 Å². The Balaban J connectivity index is 1.74. The van der Waals surface area contributed by atoms with E-state index in [1.807, 2.05) is 34.6 Å². The molecule has 0 spiro atoms. The lowest BCUT2D eigenvalue weighted by atomic mass is 9.42. The zero-order valence-corrected chi connectivity index (χ0v) is 23.4. The van der Waals surface area contributed by atoms with Crippen LogP contribution >= 0.6 is 0 Å². The van der Waals surface area contributed by atoms with Crippen LogP contribution in [0.4, 0.5) is 0 Å². The van der Waals surface area contributed by atoms with Gasteiger partial charge >= 0.3 is 5.97 Å². The van der Waals surface area contributed by atoms with Crippen LogP contribution in [0.3, 0.4) is 0 Å². The summed E-state index contributed by atoms with van der Waals surface area (Å²) < 4.78 is 0. The van der Waals surface area contributed by atoms with E-state index in [4.69, 9.17) is 0 Å². The Morgan fingerprint density at radius 1 is 1.00 bits per heavy atom. The maximum Gasteiger partial charge on any atom is 0.306 e. The number of carboxylic acid groups (broad SMARTS) is 1. The normalized spacial score (nSPS) is 42.5. The number of carboxylic acids is 1. The van der Waals surface area contributed by atoms with Crippen molar-refractivity contribution in [3.05, 3.63) is 11.1 Å². The molecule has 2 saturated carbocycles. The molecule has 3 N–H and O–H groups in total. The second-order valence-corrected chi connectivity index (χ2v) is 13.9. The molecule has 4 rings (SSSR count). The molecule has 0 heterocycles. The molecular formula is C30H44O7. The van der Waals surface area contributed by atoms with Gasteiger partial charge in [-0.2, -0.15) is 0 Å². The van der Waals surface area contributed by atoms with Gasteiger partial charge in [0.2, 0.25) is 0 Å². The molecule has 0 aromatic carbocycles. The standard InChI is InChI=1S/C30H44O7/c1-15(10-17(31)11-16(2)26(36)37)18-12-23(35)30(7)25-19(32)13-21-27(3,4)22(34)8-9-28(21,5)24(25)20(33)14-29(18,30)6/h15-16,18-19,21,23,32,35H,8-14H2,1-7H3,(H,36,37)/t15-,16+,18-,19+,21-,23+,28+,29-,30+/m1/s1. The first-order valence-corrected chi connectivity index (χ1v) is 13.8. The summed E-state index contributed by atoms with van der Waals surface area (Å²) in [5.74, 6) is -2.17. The van der Waals surface area contributed by atoms with Crippen molar-refractivity contribution in [3.8, 4) is 0 Å². The highest BCUT2D eigenvalue weighted by atomic mass is 16.4. The zero-order chi connectivity index (χ0) is 27.9. The van der Waals surface area contributed by atoms with Gasteiger partial charge in [-0.3, -0.25) is 19.2 Å². The van der Waals surface area contributed by atoms with Crippen molar-refractivity contribution in [1.82, 2.24) is 0 Å². The van der Waals surface area contributed by atoms with Gasteiger partial charge in [0.25, 0.3) is 0 Å². The highest BCUT2D eigenvalue weighted by Gasteiger charge is 2.70. The molecule has 2 fully saturated rings. The van der Waals surface area contributed by atoms with Crippen LogP contribution < -0.4 is 0 Å². The minimum atomic E-state index is -1.00. The highest BCUT2D eigenvalue weighted by Crippen LogP contribution is 2.71. The van der Waals surface area contributed by atoms with Crippen molar-refractivity contribution in [3.63, 3.8) is 0 Å². The maximum atomic E-state index is 14.1. The predicted molar refractivity (Wildman–Crippen MR) is 137 cm³/mol. The molecule has 0 radical (unpaired) electrons. The number of hydrogen-bond donors (Lipinski definition) is 3. The molecule has 4 aliphatic rings. The molecule has 0 bridgehead atoms. The summed E-state index contributed by atoms with van der Waals surface area (Å²) in [5, 5.41) is 32.4. The van der Waals surface area contributed by atoms with Crippen LogP contribution in [0, 0.1) is 45.3 Å². The minimum Gasteiger partial charge on any atom is -0.481 e. The molecular weight excluding hydrogens is 472 g/mol. The molecule has 0 aliphatic heterocycles. The van der Waals surface area contributed by atoms with Crippen molar-refractivity contribution in [2.24, 2.45) is 45.3 Å². The van der Waals surface area contributed by atoms with E-state index in [0.717, 1.165) is 0 Å². The van der Waals surface area contributed by atoms with Gasteiger partial charge in [-0.15, -0.1) is 0 Å². The smallest absolute Gasteiger partial charge is 0.306 e. The third kappa shape index (κ3) is 3.82. The second kappa shape index (κ2) is 8.84. The van der Waals surface area contributed by atoms with E-state index in [2.05, 4.69) is 6.92 Å². The summed E-state index contributed by atoms with van der Waals surface area (Å²) in [4.78, 5) is 50.8. The Morgan fingerprint density at radius 2 is 1.62 bits per heavy atom. The Morgan fingerprint density at radius 3 is 2.22 bits per heavy atom. The van der Waals surface area contributed by atoms with E-state index in [0.29, 0.717) is 36.8 Å². The maximum absolute atomic E-state index is 14.1. The highest BCUT2D eigenvalue weighted by molar-refractivity contribution is 6.01. The third-order valence-electron chi connectivity index (χ3n) is 11.6. The van der Waals surface area contributed by atoms with E-state index in [-0.39, 0.29) is 54.4 Å². The van der Waals surface area contributed by atoms with Gasteiger partial charge < -0.3 is 15.3 Å². The number of aliphatic hydroxyl groups excluding tert-OH is 2. The van der Waals surface area contributed by atoms with Gasteiger partial charge in [0, 0.05) is 47.5 Å². The fraction of sp³-hybridized carbons (Fsp3) is 0.800. The molecule has 0 aromatic rings. The van der Waals surface area contributed by atoms with E-state index in [1.54, 1.807) is 0 Å². The first-order valence-electron chi connectivity index (χ1n) is 13.8. The summed E-state index contributed by atoms with van der Waals surface area (Å²) in [5.41, 5.74) is -1.40. The Bertz CT molecular complexity index is 1070. The Hall–Kier alpha value is -1.86. The average molecular weight is 517 g/mol. The number of Topliss-reactive ketones (excluding diaryl/α,β-unsaturated/α-hetero) is 3. The molecule has 7 nitrogen and oxygen atoms in total. The molecule has 0 unspecified atom stereocenters. The lowest BCUT2D eigenvalue weighted by Crippen LogP contribution is -2.60. The molecule has 7 heteroatoms. The quantitative estimate of drug-likeness (QED) is 0.484. The van der Waals surface area contributed by atoms with Gasteiger partial charge in [0.05, 0.1) is 18.1 Å². The molecule has 4 aliphatic carbocycles. The first kappa shape index (κ1) is 28.2. The number of rotatable bonds is 6. The fourth-order valence-electron chi connectivity index (χ4n) is 9.20. The van der Waals surface area contributed by atoms with Crippen LogP contribution in [0.2, 0.25) is 0 Å². The molecule has 9 atom stereocenters. The lowest BCUT2D eigenvalue weighted by molar-refractivity contribution is -0.146. The number of allylic oxidation sites excluding steroid dienone is 1. The fourth-order valence-corrected chi connectivity index (χ4v) is 9.20. The minimum absolute atomic E-state index is 0.0106. The number of carbonyl (C=O) groups excluding carboxylic acids is 3. The van der Waals surface area contributed by atoms with E-state index < -0.39 is 45.8 Å². The van der Waals surface area contributed by atoms with E-state index >= 15 is 0 Å². The summed E-state index contributed by atoms with van der Waals surface area (Å²) in [6, 6.07) is 0. The monoisotopic (exact) mass is 516 g/mol. The molecule has 0 aromatic heterocycles. The van der Waals surface area contributed by atoms with Crippen LogP contribution in [0.25, 0.3) is 0 Å². The average Bonchev–Trinajstić information content (AvgIpc) is 2.99. The van der Waals surface area contributed by atoms with Gasteiger partial charge in [-0.25, -0.2) is 0 Å². The number of ketones is 3. The second-order valence-electron chi connectivity index (χ2n) is 13.9. The zero-order valence-electron chi connectivity index (χ0n) is 23.4. The molecule has 0 amide bonds. The number of aliphatic carboxylic acids is 1. The Labute approximate surface area is 220 Å². The SMILES string of the molecule is C[C@H](CC(=O)C[C@H](C)C(=O)O)[C@H]1C[C@H](O)[C@@]2(C)C3=C(C(=O)C[C@]12C)[C@@]1(C)CCC(=O)C(C)(C)[C@H]1C[C@@H]3O. The van der Waals surface area contributed by atoms with Gasteiger partial charge in [0.15, 0.2) is 5.78 Å². The largest absolute Gasteiger partial charge is 0.481 e. The van der Waals surface area contributed by atoms with Gasteiger partial charge in [-0.05, 0) is 48.0 Å².